The minimum absolute atomic E-state index is 0.0115. The number of nitrogen functional groups attached to an aromatic ring is 1. The van der Waals surface area contributed by atoms with Crippen LogP contribution in [0.4, 0.5) is 11.4 Å². The number of benzene rings is 1. The Morgan fingerprint density at radius 2 is 2.35 bits per heavy atom. The second-order valence-corrected chi connectivity index (χ2v) is 4.89. The molecule has 20 heavy (non-hydrogen) atoms. The molecule has 7 nitrogen and oxygen atoms in total. The van der Waals surface area contributed by atoms with E-state index in [0.717, 1.165) is 24.9 Å². The van der Waals surface area contributed by atoms with Gasteiger partial charge in [0.2, 0.25) is 5.91 Å². The normalized spacial score (nSPS) is 18.9. The molecule has 1 saturated heterocycles. The van der Waals surface area contributed by atoms with Gasteiger partial charge in [-0.3, -0.25) is 19.8 Å². The van der Waals surface area contributed by atoms with Gasteiger partial charge in [-0.05, 0) is 31.0 Å². The number of carbonyl (C=O) groups excluding carboxylic acids is 1. The van der Waals surface area contributed by atoms with Crippen LogP contribution < -0.4 is 11.1 Å². The van der Waals surface area contributed by atoms with E-state index >= 15 is 0 Å². The standard InChI is InChI=1S/C13H18N4O3/c1-15-13(18)12-3-2-6-16(12)8-9-4-5-11(17(19)20)10(14)7-9/h4-5,7,12H,2-3,6,8,14H2,1H3,(H,15,18). The van der Waals surface area contributed by atoms with Gasteiger partial charge >= 0.3 is 0 Å². The summed E-state index contributed by atoms with van der Waals surface area (Å²) < 4.78 is 0. The zero-order valence-electron chi connectivity index (χ0n) is 11.3. The van der Waals surface area contributed by atoms with Crippen molar-refractivity contribution in [1.29, 1.82) is 0 Å². The lowest BCUT2D eigenvalue weighted by atomic mass is 10.1. The summed E-state index contributed by atoms with van der Waals surface area (Å²) in [6.07, 6.45) is 1.81. The summed E-state index contributed by atoms with van der Waals surface area (Å²) >= 11 is 0. The number of nitro groups is 1. The van der Waals surface area contributed by atoms with E-state index in [9.17, 15) is 14.9 Å². The summed E-state index contributed by atoms with van der Waals surface area (Å²) in [7, 11) is 1.63. The van der Waals surface area contributed by atoms with Crippen molar-refractivity contribution >= 4 is 17.3 Å². The fraction of sp³-hybridized carbons (Fsp3) is 0.462. The van der Waals surface area contributed by atoms with Crippen molar-refractivity contribution in [3.8, 4) is 0 Å². The highest BCUT2D eigenvalue weighted by Crippen LogP contribution is 2.25. The average molecular weight is 278 g/mol. The van der Waals surface area contributed by atoms with Crippen LogP contribution >= 0.6 is 0 Å². The molecule has 0 radical (unpaired) electrons. The Kier molecular flexibility index (Phi) is 4.19. The number of hydrogen-bond acceptors (Lipinski definition) is 5. The lowest BCUT2D eigenvalue weighted by Gasteiger charge is -2.23. The van der Waals surface area contributed by atoms with E-state index in [2.05, 4.69) is 10.2 Å². The van der Waals surface area contributed by atoms with E-state index in [1.165, 1.54) is 6.07 Å². The number of rotatable bonds is 4. The van der Waals surface area contributed by atoms with Crippen LogP contribution in [0.2, 0.25) is 0 Å². The van der Waals surface area contributed by atoms with Gasteiger partial charge in [0.15, 0.2) is 0 Å². The molecule has 1 aliphatic rings. The first-order chi connectivity index (χ1) is 9.52. The molecule has 108 valence electrons. The van der Waals surface area contributed by atoms with Crippen LogP contribution in [0.25, 0.3) is 0 Å². The maximum Gasteiger partial charge on any atom is 0.292 e. The number of hydrogen-bond donors (Lipinski definition) is 2. The molecule has 0 saturated carbocycles. The number of anilines is 1. The molecular weight excluding hydrogens is 260 g/mol. The minimum Gasteiger partial charge on any atom is -0.393 e. The number of carbonyl (C=O) groups is 1. The molecule has 1 aliphatic heterocycles. The maximum absolute atomic E-state index is 11.8. The van der Waals surface area contributed by atoms with Crippen LogP contribution in [0, 0.1) is 10.1 Å². The second kappa shape index (κ2) is 5.87. The number of nitrogens with two attached hydrogens (primary N) is 1. The molecule has 1 unspecified atom stereocenters. The largest absolute Gasteiger partial charge is 0.393 e. The van der Waals surface area contributed by atoms with Gasteiger partial charge in [-0.2, -0.15) is 0 Å². The predicted octanol–water partition coefficient (Wildman–Crippen LogP) is 0.887. The summed E-state index contributed by atoms with van der Waals surface area (Å²) in [5, 5.41) is 13.4. The highest BCUT2D eigenvalue weighted by Gasteiger charge is 2.30. The van der Waals surface area contributed by atoms with Gasteiger partial charge in [-0.1, -0.05) is 6.07 Å². The van der Waals surface area contributed by atoms with Crippen molar-refractivity contribution in [2.45, 2.75) is 25.4 Å². The number of nitrogens with one attached hydrogen (secondary N) is 1. The van der Waals surface area contributed by atoms with Gasteiger partial charge < -0.3 is 11.1 Å². The Bertz CT molecular complexity index is 532. The average Bonchev–Trinajstić information content (AvgIpc) is 2.85. The molecule has 2 rings (SSSR count). The smallest absolute Gasteiger partial charge is 0.292 e. The van der Waals surface area contributed by atoms with E-state index in [0.29, 0.717) is 6.54 Å². The van der Waals surface area contributed by atoms with E-state index in [1.54, 1.807) is 19.2 Å². The minimum atomic E-state index is -0.498. The molecule has 0 bridgehead atoms. The molecule has 7 heteroatoms. The summed E-state index contributed by atoms with van der Waals surface area (Å²) in [6, 6.07) is 4.58. The third-order valence-corrected chi connectivity index (χ3v) is 3.59. The summed E-state index contributed by atoms with van der Waals surface area (Å²) in [5.41, 5.74) is 6.63. The van der Waals surface area contributed by atoms with Crippen LogP contribution in [0.1, 0.15) is 18.4 Å². The number of nitrogens with zero attached hydrogens (tertiary/aromatic N) is 2. The summed E-state index contributed by atoms with van der Waals surface area (Å²) in [4.78, 5) is 24.0. The van der Waals surface area contributed by atoms with Crippen LogP contribution in [-0.2, 0) is 11.3 Å². The van der Waals surface area contributed by atoms with Crippen molar-refractivity contribution < 1.29 is 9.72 Å². The van der Waals surface area contributed by atoms with Crippen LogP contribution in [0.15, 0.2) is 18.2 Å². The predicted molar refractivity (Wildman–Crippen MR) is 75.0 cm³/mol. The van der Waals surface area contributed by atoms with Gasteiger partial charge in [-0.15, -0.1) is 0 Å². The van der Waals surface area contributed by atoms with Crippen LogP contribution in [-0.4, -0.2) is 35.4 Å². The second-order valence-electron chi connectivity index (χ2n) is 4.89. The zero-order chi connectivity index (χ0) is 14.7. The van der Waals surface area contributed by atoms with E-state index in [-0.39, 0.29) is 23.3 Å². The Balaban J connectivity index is 2.12. The van der Waals surface area contributed by atoms with Crippen LogP contribution in [0.3, 0.4) is 0 Å². The summed E-state index contributed by atoms with van der Waals surface area (Å²) in [5.74, 6) is 0.0115. The number of likely N-dealkylation sites (N-methyl/N-ethyl adjacent to an activating group) is 1. The first-order valence-corrected chi connectivity index (χ1v) is 6.51. The quantitative estimate of drug-likeness (QED) is 0.484. The first kappa shape index (κ1) is 14.3. The SMILES string of the molecule is CNC(=O)C1CCCN1Cc1ccc([N+](=O)[O-])c(N)c1. The molecule has 1 aromatic rings. The topological polar surface area (TPSA) is 102 Å². The Labute approximate surface area is 116 Å². The fourth-order valence-corrected chi connectivity index (χ4v) is 2.58. The molecule has 0 aliphatic carbocycles. The highest BCUT2D eigenvalue weighted by atomic mass is 16.6. The molecule has 1 heterocycles. The molecule has 3 N–H and O–H groups in total. The third kappa shape index (κ3) is 2.88. The molecule has 0 spiro atoms. The van der Waals surface area contributed by atoms with E-state index in [4.69, 9.17) is 5.73 Å². The van der Waals surface area contributed by atoms with Gasteiger partial charge in [0, 0.05) is 19.7 Å². The summed E-state index contributed by atoms with van der Waals surface area (Å²) in [6.45, 7) is 1.41. The highest BCUT2D eigenvalue weighted by molar-refractivity contribution is 5.81. The molecule has 1 fully saturated rings. The molecule has 1 atom stereocenters. The van der Waals surface area contributed by atoms with Crippen molar-refractivity contribution in [1.82, 2.24) is 10.2 Å². The molecule has 0 aromatic heterocycles. The van der Waals surface area contributed by atoms with E-state index < -0.39 is 4.92 Å². The Hall–Kier alpha value is -2.15. The molecular formula is C13H18N4O3. The maximum atomic E-state index is 11.8. The van der Waals surface area contributed by atoms with Gasteiger partial charge in [0.1, 0.15) is 5.69 Å². The van der Waals surface area contributed by atoms with Crippen molar-refractivity contribution in [2.75, 3.05) is 19.3 Å². The number of likely N-dealkylation sites (tertiary alicyclic amines) is 1. The third-order valence-electron chi connectivity index (χ3n) is 3.59. The number of amides is 1. The van der Waals surface area contributed by atoms with Crippen LogP contribution in [0.5, 0.6) is 0 Å². The van der Waals surface area contributed by atoms with Crippen molar-refractivity contribution in [2.24, 2.45) is 0 Å². The first-order valence-electron chi connectivity index (χ1n) is 6.51. The Morgan fingerprint density at radius 3 is 2.95 bits per heavy atom. The Morgan fingerprint density at radius 1 is 1.60 bits per heavy atom. The lowest BCUT2D eigenvalue weighted by molar-refractivity contribution is -0.383. The number of nitro benzene ring substituents is 1. The van der Waals surface area contributed by atoms with Crippen molar-refractivity contribution in [3.05, 3.63) is 33.9 Å². The van der Waals surface area contributed by atoms with Gasteiger partial charge in [0.25, 0.3) is 5.69 Å². The van der Waals surface area contributed by atoms with E-state index in [1.807, 2.05) is 0 Å². The van der Waals surface area contributed by atoms with Gasteiger partial charge in [-0.25, -0.2) is 0 Å². The lowest BCUT2D eigenvalue weighted by Crippen LogP contribution is -2.41. The molecule has 1 aromatic carbocycles. The fourth-order valence-electron chi connectivity index (χ4n) is 2.58. The monoisotopic (exact) mass is 278 g/mol. The zero-order valence-corrected chi connectivity index (χ0v) is 11.3. The molecule has 1 amide bonds. The van der Waals surface area contributed by atoms with Gasteiger partial charge in [0.05, 0.1) is 11.0 Å². The van der Waals surface area contributed by atoms with Crippen molar-refractivity contribution in [3.63, 3.8) is 0 Å².